The molecule has 0 heterocycles. The van der Waals surface area contributed by atoms with Crippen molar-refractivity contribution in [1.29, 1.82) is 0 Å². The number of carbonyl (C=O) groups excluding carboxylic acids is 2. The van der Waals surface area contributed by atoms with Gasteiger partial charge in [-0.2, -0.15) is 0 Å². The number of ether oxygens (including phenoxy) is 4. The third kappa shape index (κ3) is 11.2. The maximum Gasteiger partial charge on any atom is 0.338 e. The van der Waals surface area contributed by atoms with Crippen LogP contribution in [-0.2, 0) is 30.0 Å². The maximum absolute atomic E-state index is 13.0. The normalized spacial score (nSPS) is 13.3. The smallest absolute Gasteiger partial charge is 0.338 e. The van der Waals surface area contributed by atoms with E-state index in [0.717, 1.165) is 5.56 Å². The van der Waals surface area contributed by atoms with Gasteiger partial charge in [-0.05, 0) is 48.0 Å². The molecule has 226 valence electrons. The summed E-state index contributed by atoms with van der Waals surface area (Å²) in [6.07, 6.45) is -0.328. The second kappa shape index (κ2) is 16.4. The molecule has 7 nitrogen and oxygen atoms in total. The first-order chi connectivity index (χ1) is 20.0. The molecule has 0 fully saturated rings. The predicted molar refractivity (Wildman–Crippen MR) is 166 cm³/mol. The Labute approximate surface area is 251 Å². The highest BCUT2D eigenvalue weighted by atomic mass is 28.4. The number of hydrogen-bond acceptors (Lipinski definition) is 7. The fourth-order valence-electron chi connectivity index (χ4n) is 3.86. The molecular formula is C34H44O7Si. The van der Waals surface area contributed by atoms with Crippen molar-refractivity contribution in [3.8, 4) is 0 Å². The molecule has 0 saturated carbocycles. The number of hydrogen-bond donors (Lipinski definition) is 0. The van der Waals surface area contributed by atoms with E-state index in [1.165, 1.54) is 0 Å². The molecule has 0 unspecified atom stereocenters. The Hall–Kier alpha value is -3.30. The third-order valence-corrected chi connectivity index (χ3v) is 12.0. The average Bonchev–Trinajstić information content (AvgIpc) is 2.98. The standard InChI is InChI=1S/C34H44O7Si/c1-34(2,3)42(4,5)40-22-21-30(41-33(36)29-19-13-8-14-20-29)23-31(25-38-32(35)28-17-11-7-12-18-28)39-26-37-24-27-15-9-6-10-16-27/h6-20,30-31H,21-26H2,1-5H3/t30-,31-/m1/s1. The molecule has 0 aliphatic heterocycles. The van der Waals surface area contributed by atoms with E-state index in [-0.39, 0.29) is 18.4 Å². The summed E-state index contributed by atoms with van der Waals surface area (Å²) in [6.45, 7) is 11.7. The predicted octanol–water partition coefficient (Wildman–Crippen LogP) is 7.43. The molecule has 0 amide bonds. The zero-order valence-electron chi connectivity index (χ0n) is 25.4. The van der Waals surface area contributed by atoms with Crippen LogP contribution in [-0.4, -0.2) is 52.5 Å². The van der Waals surface area contributed by atoms with Crippen molar-refractivity contribution < 1.29 is 33.0 Å². The SMILES string of the molecule is CC(C)(C)[Si](C)(C)OCC[C@H](C[C@H](COC(=O)c1ccccc1)OCOCc1ccccc1)OC(=O)c1ccccc1. The van der Waals surface area contributed by atoms with Crippen LogP contribution in [0.25, 0.3) is 0 Å². The van der Waals surface area contributed by atoms with Gasteiger partial charge in [-0.25, -0.2) is 9.59 Å². The number of carbonyl (C=O) groups is 2. The highest BCUT2D eigenvalue weighted by Crippen LogP contribution is 2.36. The van der Waals surface area contributed by atoms with Crippen LogP contribution in [0.3, 0.4) is 0 Å². The van der Waals surface area contributed by atoms with Crippen LogP contribution in [0.4, 0.5) is 0 Å². The third-order valence-electron chi connectivity index (χ3n) is 7.43. The van der Waals surface area contributed by atoms with Gasteiger partial charge >= 0.3 is 11.9 Å². The van der Waals surface area contributed by atoms with Crippen molar-refractivity contribution in [2.75, 3.05) is 20.0 Å². The van der Waals surface area contributed by atoms with Gasteiger partial charge < -0.3 is 23.4 Å². The largest absolute Gasteiger partial charge is 0.459 e. The van der Waals surface area contributed by atoms with Gasteiger partial charge in [0, 0.05) is 19.4 Å². The van der Waals surface area contributed by atoms with Gasteiger partial charge in [0.2, 0.25) is 0 Å². The Morgan fingerprint density at radius 1 is 0.762 bits per heavy atom. The fourth-order valence-corrected chi connectivity index (χ4v) is 4.92. The average molecular weight is 593 g/mol. The minimum absolute atomic E-state index is 0.0116. The van der Waals surface area contributed by atoms with Gasteiger partial charge in [0.1, 0.15) is 19.5 Å². The van der Waals surface area contributed by atoms with E-state index < -0.39 is 32.5 Å². The molecule has 3 rings (SSSR count). The lowest BCUT2D eigenvalue weighted by atomic mass is 10.1. The Morgan fingerprint density at radius 2 is 1.31 bits per heavy atom. The Bertz CT molecular complexity index is 1210. The molecule has 0 aromatic heterocycles. The van der Waals surface area contributed by atoms with Gasteiger partial charge in [0.15, 0.2) is 8.32 Å². The summed E-state index contributed by atoms with van der Waals surface area (Å²) >= 11 is 0. The van der Waals surface area contributed by atoms with Crippen LogP contribution in [0.15, 0.2) is 91.0 Å². The van der Waals surface area contributed by atoms with Crippen molar-refractivity contribution in [3.63, 3.8) is 0 Å². The number of rotatable bonds is 16. The zero-order chi connectivity index (χ0) is 30.4. The lowest BCUT2D eigenvalue weighted by Gasteiger charge is -2.36. The van der Waals surface area contributed by atoms with Crippen LogP contribution >= 0.6 is 0 Å². The van der Waals surface area contributed by atoms with Crippen molar-refractivity contribution in [2.24, 2.45) is 0 Å². The molecule has 42 heavy (non-hydrogen) atoms. The van der Waals surface area contributed by atoms with E-state index in [9.17, 15) is 9.59 Å². The summed E-state index contributed by atoms with van der Waals surface area (Å²) in [4.78, 5) is 25.7. The molecular weight excluding hydrogens is 548 g/mol. The van der Waals surface area contributed by atoms with Crippen LogP contribution < -0.4 is 0 Å². The van der Waals surface area contributed by atoms with Gasteiger partial charge in [0.25, 0.3) is 0 Å². The van der Waals surface area contributed by atoms with Crippen molar-refractivity contribution in [1.82, 2.24) is 0 Å². The number of benzene rings is 3. The van der Waals surface area contributed by atoms with E-state index in [0.29, 0.717) is 37.2 Å². The highest BCUT2D eigenvalue weighted by Gasteiger charge is 2.37. The molecule has 0 bridgehead atoms. The van der Waals surface area contributed by atoms with Crippen molar-refractivity contribution >= 4 is 20.3 Å². The van der Waals surface area contributed by atoms with Crippen LogP contribution in [0.2, 0.25) is 18.1 Å². The quantitative estimate of drug-likeness (QED) is 0.0740. The lowest BCUT2D eigenvalue weighted by Crippen LogP contribution is -2.41. The maximum atomic E-state index is 13.0. The van der Waals surface area contributed by atoms with E-state index in [1.54, 1.807) is 48.5 Å². The minimum Gasteiger partial charge on any atom is -0.459 e. The molecule has 0 N–H and O–H groups in total. The molecule has 2 atom stereocenters. The summed E-state index contributed by atoms with van der Waals surface area (Å²) in [5.41, 5.74) is 1.93. The summed E-state index contributed by atoms with van der Waals surface area (Å²) in [5.74, 6) is -0.873. The monoisotopic (exact) mass is 592 g/mol. The van der Waals surface area contributed by atoms with E-state index >= 15 is 0 Å². The Kier molecular flexibility index (Phi) is 12.9. The van der Waals surface area contributed by atoms with Gasteiger partial charge in [-0.3, -0.25) is 0 Å². The Morgan fingerprint density at radius 3 is 1.88 bits per heavy atom. The fraction of sp³-hybridized carbons (Fsp3) is 0.412. The molecule has 3 aromatic rings. The molecule has 0 aliphatic rings. The first-order valence-electron chi connectivity index (χ1n) is 14.4. The molecule has 8 heteroatoms. The summed E-state index contributed by atoms with van der Waals surface area (Å²) in [6, 6.07) is 27.5. The molecule has 3 aromatic carbocycles. The van der Waals surface area contributed by atoms with Crippen molar-refractivity contribution in [2.45, 2.75) is 70.6 Å². The van der Waals surface area contributed by atoms with Gasteiger partial charge in [-0.1, -0.05) is 87.5 Å². The van der Waals surface area contributed by atoms with Crippen molar-refractivity contribution in [3.05, 3.63) is 108 Å². The van der Waals surface area contributed by atoms with E-state index in [1.807, 2.05) is 42.5 Å². The van der Waals surface area contributed by atoms with Crippen LogP contribution in [0, 0.1) is 0 Å². The lowest BCUT2D eigenvalue weighted by molar-refractivity contribution is -0.121. The summed E-state index contributed by atoms with van der Waals surface area (Å²) in [7, 11) is -2.00. The van der Waals surface area contributed by atoms with E-state index in [4.69, 9.17) is 23.4 Å². The zero-order valence-corrected chi connectivity index (χ0v) is 26.4. The van der Waals surface area contributed by atoms with Gasteiger partial charge in [-0.15, -0.1) is 0 Å². The molecule has 0 spiro atoms. The first-order valence-corrected chi connectivity index (χ1v) is 17.3. The van der Waals surface area contributed by atoms with Gasteiger partial charge in [0.05, 0.1) is 23.8 Å². The first kappa shape index (κ1) is 33.2. The van der Waals surface area contributed by atoms with E-state index in [2.05, 4.69) is 33.9 Å². The molecule has 0 aliphatic carbocycles. The summed E-state index contributed by atoms with van der Waals surface area (Å²) in [5, 5.41) is 0.0522. The van der Waals surface area contributed by atoms with Crippen LogP contribution in [0.1, 0.15) is 59.9 Å². The summed E-state index contributed by atoms with van der Waals surface area (Å²) < 4.78 is 29.8. The highest BCUT2D eigenvalue weighted by molar-refractivity contribution is 6.74. The second-order valence-corrected chi connectivity index (χ2v) is 16.5. The minimum atomic E-state index is -2.00. The number of esters is 2. The molecule has 0 saturated heterocycles. The Balaban J connectivity index is 1.69. The molecule has 0 radical (unpaired) electrons. The van der Waals surface area contributed by atoms with Crippen LogP contribution in [0.5, 0.6) is 0 Å². The topological polar surface area (TPSA) is 80.3 Å². The second-order valence-electron chi connectivity index (χ2n) is 11.7.